The first-order valence-electron chi connectivity index (χ1n) is 5.24. The van der Waals surface area contributed by atoms with Crippen LogP contribution in [0.15, 0.2) is 0 Å². The fraction of sp³-hybridized carbons (Fsp3) is 0.800. The molecule has 0 spiro atoms. The lowest BCUT2D eigenvalue weighted by Gasteiger charge is -2.25. The zero-order valence-electron chi connectivity index (χ0n) is 9.28. The third kappa shape index (κ3) is 4.90. The van der Waals surface area contributed by atoms with E-state index in [1.807, 2.05) is 18.7 Å². The minimum absolute atomic E-state index is 0.212. The molecule has 0 atom stereocenters. The Balaban J connectivity index is 2.15. The number of hydrogen-bond acceptors (Lipinski definition) is 4. The summed E-state index contributed by atoms with van der Waals surface area (Å²) in [6.45, 7) is 5.99. The molecule has 0 aromatic carbocycles. The lowest BCUT2D eigenvalue weighted by Crippen LogP contribution is -2.51. The molecule has 1 fully saturated rings. The second-order valence-corrected chi connectivity index (χ2v) is 3.96. The van der Waals surface area contributed by atoms with E-state index < -0.39 is 0 Å². The van der Waals surface area contributed by atoms with Gasteiger partial charge in [0.1, 0.15) is 0 Å². The molecule has 5 nitrogen and oxygen atoms in total. The van der Waals surface area contributed by atoms with Crippen molar-refractivity contribution in [1.82, 2.24) is 10.2 Å². The average molecular weight is 214 g/mol. The molecule has 1 N–H and O–H groups in total. The first-order valence-corrected chi connectivity index (χ1v) is 5.24. The second-order valence-electron chi connectivity index (χ2n) is 3.96. The Hall–Kier alpha value is -0.940. The van der Waals surface area contributed by atoms with Crippen LogP contribution in [0.3, 0.4) is 0 Å². The van der Waals surface area contributed by atoms with Crippen molar-refractivity contribution < 1.29 is 14.3 Å². The van der Waals surface area contributed by atoms with Gasteiger partial charge >= 0.3 is 0 Å². The van der Waals surface area contributed by atoms with E-state index in [9.17, 15) is 9.59 Å². The molecule has 0 saturated carbocycles. The van der Waals surface area contributed by atoms with Crippen LogP contribution < -0.4 is 5.32 Å². The molecule has 1 saturated heterocycles. The third-order valence-electron chi connectivity index (χ3n) is 2.08. The normalized spacial score (nSPS) is 18.3. The van der Waals surface area contributed by atoms with Crippen molar-refractivity contribution in [1.29, 1.82) is 0 Å². The Bertz CT molecular complexity index is 225. The maximum absolute atomic E-state index is 11.0. The summed E-state index contributed by atoms with van der Waals surface area (Å²) < 4.78 is 5.37. The molecule has 86 valence electrons. The number of piperazine rings is 1. The molecule has 0 aromatic rings. The van der Waals surface area contributed by atoms with E-state index >= 15 is 0 Å². The van der Waals surface area contributed by atoms with Gasteiger partial charge in [-0.15, -0.1) is 0 Å². The van der Waals surface area contributed by atoms with E-state index in [-0.39, 0.29) is 17.9 Å². The van der Waals surface area contributed by atoms with Crippen LogP contribution in [0, 0.1) is 0 Å². The van der Waals surface area contributed by atoms with Crippen LogP contribution in [0.5, 0.6) is 0 Å². The van der Waals surface area contributed by atoms with Gasteiger partial charge in [0.25, 0.3) is 0 Å². The number of amides is 2. The first-order chi connectivity index (χ1) is 7.08. The molecule has 0 radical (unpaired) electrons. The fourth-order valence-corrected chi connectivity index (χ4v) is 1.46. The Morgan fingerprint density at radius 2 is 1.93 bits per heavy atom. The first kappa shape index (κ1) is 12.1. The molecular formula is C10H18N2O3. The number of ether oxygens (including phenoxy) is 1. The van der Waals surface area contributed by atoms with Gasteiger partial charge < -0.3 is 4.74 Å². The molecule has 5 heteroatoms. The Morgan fingerprint density at radius 3 is 2.47 bits per heavy atom. The van der Waals surface area contributed by atoms with Crippen molar-refractivity contribution in [2.75, 3.05) is 26.2 Å². The highest BCUT2D eigenvalue weighted by Crippen LogP contribution is 1.98. The minimum Gasteiger partial charge on any atom is -0.379 e. The molecule has 15 heavy (non-hydrogen) atoms. The van der Waals surface area contributed by atoms with Crippen molar-refractivity contribution in [3.63, 3.8) is 0 Å². The number of rotatable bonds is 5. The maximum Gasteiger partial charge on any atom is 0.240 e. The number of carbonyl (C=O) groups is 2. The second kappa shape index (κ2) is 5.82. The molecule has 0 aromatic heterocycles. The highest BCUT2D eigenvalue weighted by atomic mass is 16.5. The highest BCUT2D eigenvalue weighted by Gasteiger charge is 2.21. The highest BCUT2D eigenvalue weighted by molar-refractivity contribution is 5.99. The smallest absolute Gasteiger partial charge is 0.240 e. The molecule has 1 heterocycles. The number of nitrogens with one attached hydrogen (secondary N) is 1. The van der Waals surface area contributed by atoms with Crippen LogP contribution in [0.2, 0.25) is 0 Å². The van der Waals surface area contributed by atoms with Gasteiger partial charge in [0.15, 0.2) is 0 Å². The lowest BCUT2D eigenvalue weighted by molar-refractivity contribution is -0.136. The molecule has 1 aliphatic rings. The monoisotopic (exact) mass is 214 g/mol. The molecule has 1 rings (SSSR count). The third-order valence-corrected chi connectivity index (χ3v) is 2.08. The molecular weight excluding hydrogens is 196 g/mol. The molecule has 2 amide bonds. The summed E-state index contributed by atoms with van der Waals surface area (Å²) in [7, 11) is 0. The van der Waals surface area contributed by atoms with E-state index in [4.69, 9.17) is 4.74 Å². The zero-order valence-corrected chi connectivity index (χ0v) is 9.28. The molecule has 0 aliphatic carbocycles. The lowest BCUT2D eigenvalue weighted by atomic mass is 10.3. The number of carbonyl (C=O) groups excluding carboxylic acids is 2. The van der Waals surface area contributed by atoms with Crippen LogP contribution in [0.1, 0.15) is 20.3 Å². The van der Waals surface area contributed by atoms with Crippen LogP contribution in [0.25, 0.3) is 0 Å². The number of imide groups is 1. The Morgan fingerprint density at radius 1 is 1.33 bits per heavy atom. The molecule has 1 aliphatic heterocycles. The van der Waals surface area contributed by atoms with Gasteiger partial charge in [0.05, 0.1) is 19.2 Å². The van der Waals surface area contributed by atoms with E-state index in [0.717, 1.165) is 13.0 Å². The van der Waals surface area contributed by atoms with E-state index in [1.54, 1.807) is 0 Å². The predicted molar refractivity (Wildman–Crippen MR) is 55.3 cm³/mol. The Labute approximate surface area is 89.8 Å². The summed E-state index contributed by atoms with van der Waals surface area (Å²) in [5.41, 5.74) is 0. The fourth-order valence-electron chi connectivity index (χ4n) is 1.46. The van der Waals surface area contributed by atoms with Gasteiger partial charge in [0.2, 0.25) is 11.8 Å². The molecule has 0 bridgehead atoms. The van der Waals surface area contributed by atoms with Crippen molar-refractivity contribution in [2.24, 2.45) is 0 Å². The minimum atomic E-state index is -0.212. The van der Waals surface area contributed by atoms with Gasteiger partial charge in [-0.2, -0.15) is 0 Å². The SMILES string of the molecule is CC(C)OCCCN1CC(=O)NC(=O)C1. The topological polar surface area (TPSA) is 58.6 Å². The predicted octanol–water partition coefficient (Wildman–Crippen LogP) is -0.240. The van der Waals surface area contributed by atoms with Crippen LogP contribution in [0.4, 0.5) is 0 Å². The van der Waals surface area contributed by atoms with Gasteiger partial charge in [-0.1, -0.05) is 0 Å². The summed E-state index contributed by atoms with van der Waals surface area (Å²) in [4.78, 5) is 23.9. The maximum atomic E-state index is 11.0. The quantitative estimate of drug-likeness (QED) is 0.507. The van der Waals surface area contributed by atoms with Crippen LogP contribution in [-0.2, 0) is 14.3 Å². The van der Waals surface area contributed by atoms with Gasteiger partial charge in [-0.25, -0.2) is 0 Å². The van der Waals surface area contributed by atoms with Gasteiger partial charge in [-0.3, -0.25) is 19.8 Å². The van der Waals surface area contributed by atoms with Crippen molar-refractivity contribution >= 4 is 11.8 Å². The summed E-state index contributed by atoms with van der Waals surface area (Å²) in [5.74, 6) is -0.424. The van der Waals surface area contributed by atoms with E-state index in [0.29, 0.717) is 19.7 Å². The van der Waals surface area contributed by atoms with Gasteiger partial charge in [-0.05, 0) is 20.3 Å². The summed E-state index contributed by atoms with van der Waals surface area (Å²) in [6.07, 6.45) is 1.08. The van der Waals surface area contributed by atoms with Crippen molar-refractivity contribution in [3.8, 4) is 0 Å². The largest absolute Gasteiger partial charge is 0.379 e. The number of nitrogens with zero attached hydrogens (tertiary/aromatic N) is 1. The van der Waals surface area contributed by atoms with E-state index in [1.165, 1.54) is 0 Å². The summed E-state index contributed by atoms with van der Waals surface area (Å²) >= 11 is 0. The number of hydrogen-bond donors (Lipinski definition) is 1. The summed E-state index contributed by atoms with van der Waals surface area (Å²) in [6, 6.07) is 0. The zero-order chi connectivity index (χ0) is 11.3. The van der Waals surface area contributed by atoms with Gasteiger partial charge in [0, 0.05) is 13.2 Å². The van der Waals surface area contributed by atoms with Crippen LogP contribution in [-0.4, -0.2) is 49.1 Å². The average Bonchev–Trinajstić information content (AvgIpc) is 2.10. The Kier molecular flexibility index (Phi) is 4.71. The molecule has 0 unspecified atom stereocenters. The standard InChI is InChI=1S/C10H18N2O3/c1-8(2)15-5-3-4-12-6-9(13)11-10(14)7-12/h8H,3-7H2,1-2H3,(H,11,13,14). The van der Waals surface area contributed by atoms with E-state index in [2.05, 4.69) is 5.32 Å². The van der Waals surface area contributed by atoms with Crippen LogP contribution >= 0.6 is 0 Å². The van der Waals surface area contributed by atoms with Crippen molar-refractivity contribution in [2.45, 2.75) is 26.4 Å². The summed E-state index contributed by atoms with van der Waals surface area (Å²) in [5, 5.41) is 2.27. The van der Waals surface area contributed by atoms with Crippen molar-refractivity contribution in [3.05, 3.63) is 0 Å².